The number of carbonyl (C=O) groups is 1. The summed E-state index contributed by atoms with van der Waals surface area (Å²) in [5.74, 6) is 0.762. The molecule has 6 nitrogen and oxygen atoms in total. The molecule has 1 fully saturated rings. The van der Waals surface area contributed by atoms with Crippen LogP contribution in [-0.4, -0.2) is 38.5 Å². The highest BCUT2D eigenvalue weighted by Gasteiger charge is 2.33. The van der Waals surface area contributed by atoms with Crippen molar-refractivity contribution in [2.75, 3.05) is 25.8 Å². The van der Waals surface area contributed by atoms with E-state index in [0.29, 0.717) is 32.9 Å². The maximum absolute atomic E-state index is 12.5. The summed E-state index contributed by atoms with van der Waals surface area (Å²) in [6.07, 6.45) is 2.05. The van der Waals surface area contributed by atoms with Crippen LogP contribution in [-0.2, 0) is 4.79 Å². The zero-order valence-corrected chi connectivity index (χ0v) is 17.0. The van der Waals surface area contributed by atoms with Crippen molar-refractivity contribution in [1.29, 1.82) is 0 Å². The van der Waals surface area contributed by atoms with Crippen LogP contribution in [0.3, 0.4) is 0 Å². The average molecular weight is 426 g/mol. The quantitative estimate of drug-likeness (QED) is 0.777. The first-order chi connectivity index (χ1) is 13.0. The highest BCUT2D eigenvalue weighted by Crippen LogP contribution is 2.49. The van der Waals surface area contributed by atoms with Gasteiger partial charge in [-0.3, -0.25) is 9.79 Å². The number of nitrogens with one attached hydrogen (secondary N) is 1. The summed E-state index contributed by atoms with van der Waals surface area (Å²) in [7, 11) is 3.06. The van der Waals surface area contributed by atoms with Crippen LogP contribution in [0.5, 0.6) is 11.5 Å². The number of nitrogens with zero attached hydrogens (tertiary/aromatic N) is 2. The molecule has 1 aromatic carbocycles. The Kier molecular flexibility index (Phi) is 4.92. The van der Waals surface area contributed by atoms with Gasteiger partial charge in [0.2, 0.25) is 0 Å². The number of hydrogen-bond acceptors (Lipinski definition) is 6. The number of aliphatic imine (C=N–C) groups is 1. The second kappa shape index (κ2) is 7.22. The van der Waals surface area contributed by atoms with Crippen LogP contribution < -0.4 is 19.7 Å². The molecule has 1 amide bonds. The zero-order valence-electron chi connectivity index (χ0n) is 14.7. The third kappa shape index (κ3) is 3.24. The SMILES string of the molecule is COc1cc(OC)c(Cl)c(N2CN=C(C(=O)NC3CC3)c3sccc32)c1Cl. The summed E-state index contributed by atoms with van der Waals surface area (Å²) >= 11 is 14.6. The summed E-state index contributed by atoms with van der Waals surface area (Å²) in [6, 6.07) is 3.84. The van der Waals surface area contributed by atoms with Gasteiger partial charge in [0, 0.05) is 12.1 Å². The second-order valence-corrected chi connectivity index (χ2v) is 7.89. The van der Waals surface area contributed by atoms with E-state index in [4.69, 9.17) is 32.7 Å². The molecule has 0 radical (unpaired) electrons. The lowest BCUT2D eigenvalue weighted by molar-refractivity contribution is -0.114. The Labute approximate surface area is 170 Å². The maximum atomic E-state index is 12.5. The van der Waals surface area contributed by atoms with Gasteiger partial charge in [0.15, 0.2) is 0 Å². The Balaban J connectivity index is 1.77. The monoisotopic (exact) mass is 425 g/mol. The lowest BCUT2D eigenvalue weighted by Crippen LogP contribution is -2.36. The first kappa shape index (κ1) is 18.4. The Morgan fingerprint density at radius 1 is 1.26 bits per heavy atom. The number of ether oxygens (including phenoxy) is 2. The number of amides is 1. The van der Waals surface area contributed by atoms with E-state index in [1.54, 1.807) is 6.07 Å². The van der Waals surface area contributed by atoms with Gasteiger partial charge < -0.3 is 19.7 Å². The number of rotatable bonds is 5. The molecule has 4 rings (SSSR count). The number of thiophene rings is 1. The molecule has 2 aromatic rings. The van der Waals surface area contributed by atoms with E-state index in [-0.39, 0.29) is 18.6 Å². The highest BCUT2D eigenvalue weighted by molar-refractivity contribution is 7.13. The van der Waals surface area contributed by atoms with Gasteiger partial charge in [-0.05, 0) is 24.3 Å². The minimum absolute atomic E-state index is 0.138. The molecule has 1 aliphatic carbocycles. The molecule has 1 aliphatic heterocycles. The van der Waals surface area contributed by atoms with E-state index in [1.165, 1.54) is 25.6 Å². The third-order valence-corrected chi connectivity index (χ3v) is 6.11. The Bertz CT molecular complexity index is 912. The van der Waals surface area contributed by atoms with E-state index in [9.17, 15) is 4.79 Å². The van der Waals surface area contributed by atoms with Crippen molar-refractivity contribution in [1.82, 2.24) is 5.32 Å². The Morgan fingerprint density at radius 3 is 2.52 bits per heavy atom. The molecule has 142 valence electrons. The molecule has 2 heterocycles. The molecule has 0 bridgehead atoms. The summed E-state index contributed by atoms with van der Waals surface area (Å²) in [6.45, 7) is 0.215. The van der Waals surface area contributed by atoms with Crippen LogP contribution >= 0.6 is 34.5 Å². The van der Waals surface area contributed by atoms with Gasteiger partial charge in [-0.15, -0.1) is 11.3 Å². The molecule has 0 saturated heterocycles. The molecular weight excluding hydrogens is 409 g/mol. The fourth-order valence-corrected chi connectivity index (χ4v) is 4.54. The lowest BCUT2D eigenvalue weighted by atomic mass is 10.1. The molecule has 1 saturated carbocycles. The molecule has 1 N–H and O–H groups in total. The first-order valence-electron chi connectivity index (χ1n) is 8.35. The average Bonchev–Trinajstić information content (AvgIpc) is 3.33. The van der Waals surface area contributed by atoms with E-state index >= 15 is 0 Å². The Morgan fingerprint density at radius 2 is 1.93 bits per heavy atom. The minimum atomic E-state index is -0.138. The van der Waals surface area contributed by atoms with Gasteiger partial charge in [-0.1, -0.05) is 23.2 Å². The molecule has 0 unspecified atom stereocenters. The molecule has 0 atom stereocenters. The lowest BCUT2D eigenvalue weighted by Gasteiger charge is -2.30. The molecule has 27 heavy (non-hydrogen) atoms. The summed E-state index contributed by atoms with van der Waals surface area (Å²) in [4.78, 5) is 19.7. The fourth-order valence-electron chi connectivity index (χ4n) is 2.94. The summed E-state index contributed by atoms with van der Waals surface area (Å²) < 4.78 is 10.7. The standard InChI is InChI=1S/C18H17Cl2N3O3S/c1-25-11-7-12(26-2)14(20)16(13(11)19)23-8-21-15(17-10(23)5-6-27-17)18(24)22-9-3-4-9/h5-7,9H,3-4,8H2,1-2H3,(H,22,24). The minimum Gasteiger partial charge on any atom is -0.495 e. The molecule has 9 heteroatoms. The van der Waals surface area contributed by atoms with Gasteiger partial charge >= 0.3 is 0 Å². The van der Waals surface area contributed by atoms with Crippen molar-refractivity contribution in [2.45, 2.75) is 18.9 Å². The van der Waals surface area contributed by atoms with Gasteiger partial charge in [-0.25, -0.2) is 0 Å². The van der Waals surface area contributed by atoms with Crippen molar-refractivity contribution in [3.8, 4) is 11.5 Å². The van der Waals surface area contributed by atoms with Gasteiger partial charge in [0.1, 0.15) is 33.9 Å². The first-order valence-corrected chi connectivity index (χ1v) is 9.99. The molecule has 1 aromatic heterocycles. The number of anilines is 2. The summed E-state index contributed by atoms with van der Waals surface area (Å²) in [5, 5.41) is 5.64. The van der Waals surface area contributed by atoms with Gasteiger partial charge in [0.05, 0.1) is 30.5 Å². The van der Waals surface area contributed by atoms with Crippen LogP contribution in [0.15, 0.2) is 22.5 Å². The smallest absolute Gasteiger partial charge is 0.271 e. The largest absolute Gasteiger partial charge is 0.495 e. The third-order valence-electron chi connectivity index (χ3n) is 4.47. The van der Waals surface area contributed by atoms with E-state index in [0.717, 1.165) is 23.4 Å². The van der Waals surface area contributed by atoms with Crippen LogP contribution in [0, 0.1) is 0 Å². The van der Waals surface area contributed by atoms with Crippen LogP contribution in [0.1, 0.15) is 17.7 Å². The van der Waals surface area contributed by atoms with Crippen molar-refractivity contribution in [2.24, 2.45) is 4.99 Å². The van der Waals surface area contributed by atoms with Crippen LogP contribution in [0.4, 0.5) is 11.4 Å². The molecule has 0 spiro atoms. The van der Waals surface area contributed by atoms with Crippen molar-refractivity contribution in [3.05, 3.63) is 32.4 Å². The highest BCUT2D eigenvalue weighted by atomic mass is 35.5. The van der Waals surface area contributed by atoms with Gasteiger partial charge in [-0.2, -0.15) is 0 Å². The van der Waals surface area contributed by atoms with Crippen LogP contribution in [0.25, 0.3) is 0 Å². The summed E-state index contributed by atoms with van der Waals surface area (Å²) in [5.41, 5.74) is 1.82. The number of hydrogen-bond donors (Lipinski definition) is 1. The fraction of sp³-hybridized carbons (Fsp3) is 0.333. The number of fused-ring (bicyclic) bond motifs is 1. The Hall–Kier alpha value is -1.96. The van der Waals surface area contributed by atoms with Gasteiger partial charge in [0.25, 0.3) is 5.91 Å². The number of benzene rings is 1. The van der Waals surface area contributed by atoms with E-state index in [1.807, 2.05) is 16.3 Å². The van der Waals surface area contributed by atoms with E-state index in [2.05, 4.69) is 10.3 Å². The molecule has 2 aliphatic rings. The van der Waals surface area contributed by atoms with Crippen molar-refractivity contribution >= 4 is 57.5 Å². The van der Waals surface area contributed by atoms with Crippen molar-refractivity contribution < 1.29 is 14.3 Å². The topological polar surface area (TPSA) is 63.2 Å². The second-order valence-electron chi connectivity index (χ2n) is 6.22. The normalized spacial score (nSPS) is 15.9. The number of carbonyl (C=O) groups excluding carboxylic acids is 1. The predicted octanol–water partition coefficient (Wildman–Crippen LogP) is 4.25. The number of methoxy groups -OCH3 is 2. The zero-order chi connectivity index (χ0) is 19.1. The van der Waals surface area contributed by atoms with Crippen LogP contribution in [0.2, 0.25) is 10.0 Å². The van der Waals surface area contributed by atoms with E-state index < -0.39 is 0 Å². The number of halogens is 2. The maximum Gasteiger partial charge on any atom is 0.271 e. The van der Waals surface area contributed by atoms with Crippen molar-refractivity contribution in [3.63, 3.8) is 0 Å². The predicted molar refractivity (Wildman–Crippen MR) is 109 cm³/mol. The molecular formula is C18H17Cl2N3O3S.